The molecule has 7 nitrogen and oxygen atoms in total. The molecule has 1 saturated heterocycles. The smallest absolute Gasteiger partial charge is 0.243 e. The molecule has 3 heterocycles. The van der Waals surface area contributed by atoms with Crippen LogP contribution in [0, 0.1) is 19.8 Å². The van der Waals surface area contributed by atoms with Crippen LogP contribution in [-0.4, -0.2) is 39.3 Å². The molecular formula is C25H30N4O3S. The summed E-state index contributed by atoms with van der Waals surface area (Å²) >= 11 is 1.62. The second kappa shape index (κ2) is 9.87. The molecule has 0 saturated carbocycles. The third-order valence-corrected chi connectivity index (χ3v) is 7.08. The normalized spacial score (nSPS) is 16.9. The number of carbonyl (C=O) groups excluding carboxylic acids is 2. The first-order valence-electron chi connectivity index (χ1n) is 11.3. The van der Waals surface area contributed by atoms with Crippen molar-refractivity contribution >= 4 is 23.2 Å². The highest BCUT2D eigenvalue weighted by atomic mass is 32.1. The van der Waals surface area contributed by atoms with E-state index in [1.807, 2.05) is 45.3 Å². The van der Waals surface area contributed by atoms with Gasteiger partial charge in [0.1, 0.15) is 18.2 Å². The van der Waals surface area contributed by atoms with Crippen molar-refractivity contribution in [3.05, 3.63) is 58.9 Å². The molecule has 8 heteroatoms. The van der Waals surface area contributed by atoms with E-state index >= 15 is 0 Å². The van der Waals surface area contributed by atoms with Crippen molar-refractivity contribution in [2.75, 3.05) is 6.54 Å². The van der Waals surface area contributed by atoms with E-state index in [0.717, 1.165) is 33.8 Å². The van der Waals surface area contributed by atoms with Crippen LogP contribution in [-0.2, 0) is 16.1 Å². The summed E-state index contributed by atoms with van der Waals surface area (Å²) < 4.78 is 5.55. The summed E-state index contributed by atoms with van der Waals surface area (Å²) in [7, 11) is 0. The Morgan fingerprint density at radius 2 is 2.00 bits per heavy atom. The molecule has 33 heavy (non-hydrogen) atoms. The molecule has 1 aliphatic rings. The second-order valence-corrected chi connectivity index (χ2v) is 9.77. The van der Waals surface area contributed by atoms with Crippen molar-refractivity contribution in [1.82, 2.24) is 20.2 Å². The van der Waals surface area contributed by atoms with Gasteiger partial charge in [0.2, 0.25) is 17.7 Å². The average Bonchev–Trinajstić information content (AvgIpc) is 3.53. The third kappa shape index (κ3) is 5.00. The molecule has 1 fully saturated rings. The first-order valence-corrected chi connectivity index (χ1v) is 12.2. The average molecular weight is 467 g/mol. The predicted molar refractivity (Wildman–Crippen MR) is 128 cm³/mol. The fraction of sp³-hybridized carbons (Fsp3) is 0.440. The number of nitrogens with one attached hydrogen (secondary N) is 1. The Morgan fingerprint density at radius 3 is 2.61 bits per heavy atom. The zero-order valence-corrected chi connectivity index (χ0v) is 20.3. The van der Waals surface area contributed by atoms with E-state index in [0.29, 0.717) is 25.4 Å². The quantitative estimate of drug-likeness (QED) is 0.555. The minimum Gasteiger partial charge on any atom is -0.448 e. The SMILES string of the molecule is Cc1coc(C(C(=O)N2CCC[C@H]2C(=O)NCc2ccc(-c3scnc3C)cc2)C(C)C)n1. The molecule has 0 radical (unpaired) electrons. The van der Waals surface area contributed by atoms with Crippen molar-refractivity contribution < 1.29 is 14.0 Å². The Hall–Kier alpha value is -3.00. The maximum atomic E-state index is 13.4. The molecule has 1 aromatic carbocycles. The largest absolute Gasteiger partial charge is 0.448 e. The van der Waals surface area contributed by atoms with Gasteiger partial charge < -0.3 is 14.6 Å². The van der Waals surface area contributed by atoms with E-state index in [9.17, 15) is 9.59 Å². The number of likely N-dealkylation sites (tertiary alicyclic amines) is 1. The molecule has 4 rings (SSSR count). The number of hydrogen-bond donors (Lipinski definition) is 1. The minimum atomic E-state index is -0.491. The van der Waals surface area contributed by atoms with Crippen molar-refractivity contribution in [3.8, 4) is 10.4 Å². The Labute approximate surface area is 198 Å². The van der Waals surface area contributed by atoms with Gasteiger partial charge in [-0.25, -0.2) is 9.97 Å². The molecule has 3 aromatic rings. The molecule has 2 atom stereocenters. The molecule has 1 unspecified atom stereocenters. The highest BCUT2D eigenvalue weighted by Crippen LogP contribution is 2.30. The van der Waals surface area contributed by atoms with Gasteiger partial charge in [-0.05, 0) is 43.7 Å². The number of oxazole rings is 1. The van der Waals surface area contributed by atoms with Gasteiger partial charge in [-0.15, -0.1) is 11.3 Å². The fourth-order valence-corrected chi connectivity index (χ4v) is 5.14. The lowest BCUT2D eigenvalue weighted by Crippen LogP contribution is -2.48. The Morgan fingerprint density at radius 1 is 1.24 bits per heavy atom. The van der Waals surface area contributed by atoms with E-state index in [2.05, 4.69) is 27.4 Å². The van der Waals surface area contributed by atoms with Crippen molar-refractivity contribution in [1.29, 1.82) is 0 Å². The third-order valence-electron chi connectivity index (χ3n) is 6.10. The van der Waals surface area contributed by atoms with E-state index in [1.165, 1.54) is 0 Å². The van der Waals surface area contributed by atoms with Gasteiger partial charge in [-0.1, -0.05) is 38.1 Å². The number of nitrogens with zero attached hydrogens (tertiary/aromatic N) is 3. The van der Waals surface area contributed by atoms with Crippen LogP contribution in [0.15, 0.2) is 40.5 Å². The molecule has 1 N–H and O–H groups in total. The number of aryl methyl sites for hydroxylation is 2. The first kappa shape index (κ1) is 23.2. The lowest BCUT2D eigenvalue weighted by Gasteiger charge is -2.28. The van der Waals surface area contributed by atoms with Crippen molar-refractivity contribution in [2.24, 2.45) is 5.92 Å². The van der Waals surface area contributed by atoms with Crippen molar-refractivity contribution in [3.63, 3.8) is 0 Å². The Bertz CT molecular complexity index is 1120. The zero-order valence-electron chi connectivity index (χ0n) is 19.5. The lowest BCUT2D eigenvalue weighted by atomic mass is 9.93. The van der Waals surface area contributed by atoms with Gasteiger partial charge in [0, 0.05) is 13.1 Å². The molecule has 2 amide bonds. The minimum absolute atomic E-state index is 0.0144. The van der Waals surface area contributed by atoms with Crippen LogP contribution in [0.3, 0.4) is 0 Å². The van der Waals surface area contributed by atoms with Crippen LogP contribution in [0.2, 0.25) is 0 Å². The molecule has 2 aromatic heterocycles. The van der Waals surface area contributed by atoms with Crippen LogP contribution < -0.4 is 5.32 Å². The summed E-state index contributed by atoms with van der Waals surface area (Å²) in [5, 5.41) is 3.02. The van der Waals surface area contributed by atoms with Gasteiger partial charge in [0.05, 0.1) is 21.8 Å². The summed E-state index contributed by atoms with van der Waals surface area (Å²) in [6.07, 6.45) is 3.03. The lowest BCUT2D eigenvalue weighted by molar-refractivity contribution is -0.140. The maximum Gasteiger partial charge on any atom is 0.243 e. The molecule has 0 bridgehead atoms. The molecule has 0 spiro atoms. The topological polar surface area (TPSA) is 88.3 Å². The standard InChI is InChI=1S/C25H30N4O3S/c1-15(2)21(24-28-16(3)13-32-24)25(31)29-11-5-6-20(29)23(30)26-12-18-7-9-19(10-8-18)22-17(4)27-14-33-22/h7-10,13-15,20-21H,5-6,11-12H2,1-4H3,(H,26,30)/t20-,21?/m0/s1. The Kier molecular flexibility index (Phi) is 6.93. The number of amides is 2. The van der Waals surface area contributed by atoms with Gasteiger partial charge >= 0.3 is 0 Å². The summed E-state index contributed by atoms with van der Waals surface area (Å²) in [6.45, 7) is 8.79. The van der Waals surface area contributed by atoms with Crippen LogP contribution in [0.25, 0.3) is 10.4 Å². The summed E-state index contributed by atoms with van der Waals surface area (Å²) in [4.78, 5) is 38.0. The van der Waals surface area contributed by atoms with E-state index in [1.54, 1.807) is 22.5 Å². The monoisotopic (exact) mass is 466 g/mol. The molecule has 1 aliphatic heterocycles. The number of carbonyl (C=O) groups is 2. The van der Waals surface area contributed by atoms with Crippen LogP contribution in [0.1, 0.15) is 55.4 Å². The van der Waals surface area contributed by atoms with Crippen molar-refractivity contribution in [2.45, 2.75) is 59.0 Å². The maximum absolute atomic E-state index is 13.4. The van der Waals surface area contributed by atoms with Gasteiger partial charge in [0.25, 0.3) is 0 Å². The summed E-state index contributed by atoms with van der Waals surface area (Å²) in [5.74, 6) is -0.256. The number of aromatic nitrogens is 2. The Balaban J connectivity index is 1.40. The number of rotatable bonds is 7. The highest BCUT2D eigenvalue weighted by molar-refractivity contribution is 7.13. The molecule has 0 aliphatic carbocycles. The highest BCUT2D eigenvalue weighted by Gasteiger charge is 2.40. The van der Waals surface area contributed by atoms with Gasteiger partial charge in [-0.3, -0.25) is 9.59 Å². The number of hydrogen-bond acceptors (Lipinski definition) is 6. The fourth-order valence-electron chi connectivity index (χ4n) is 4.33. The first-order chi connectivity index (χ1) is 15.8. The number of benzene rings is 1. The number of thiazole rings is 1. The predicted octanol–water partition coefficient (Wildman–Crippen LogP) is 4.46. The van der Waals surface area contributed by atoms with Gasteiger partial charge in [0.15, 0.2) is 0 Å². The second-order valence-electron chi connectivity index (χ2n) is 8.92. The van der Waals surface area contributed by atoms with E-state index < -0.39 is 12.0 Å². The summed E-state index contributed by atoms with van der Waals surface area (Å²) in [5.41, 5.74) is 5.75. The molecule has 174 valence electrons. The zero-order chi connectivity index (χ0) is 23.5. The van der Waals surface area contributed by atoms with Crippen LogP contribution in [0.4, 0.5) is 0 Å². The van der Waals surface area contributed by atoms with Crippen LogP contribution >= 0.6 is 11.3 Å². The van der Waals surface area contributed by atoms with Crippen LogP contribution in [0.5, 0.6) is 0 Å². The summed E-state index contributed by atoms with van der Waals surface area (Å²) in [6, 6.07) is 7.68. The van der Waals surface area contributed by atoms with E-state index in [4.69, 9.17) is 4.42 Å². The van der Waals surface area contributed by atoms with Gasteiger partial charge in [-0.2, -0.15) is 0 Å². The molecular weight excluding hydrogens is 436 g/mol. The van der Waals surface area contributed by atoms with E-state index in [-0.39, 0.29) is 17.7 Å².